The van der Waals surface area contributed by atoms with Gasteiger partial charge in [-0.2, -0.15) is 0 Å². The van der Waals surface area contributed by atoms with Crippen molar-refractivity contribution in [2.45, 2.75) is 44.6 Å². The third-order valence-electron chi connectivity index (χ3n) is 3.45. The first kappa shape index (κ1) is 9.97. The van der Waals surface area contributed by atoms with Crippen LogP contribution in [0.5, 0.6) is 0 Å². The van der Waals surface area contributed by atoms with Crippen molar-refractivity contribution >= 4 is 5.91 Å². The highest BCUT2D eigenvalue weighted by molar-refractivity contribution is 5.81. The van der Waals surface area contributed by atoms with Crippen LogP contribution in [-0.4, -0.2) is 25.0 Å². The van der Waals surface area contributed by atoms with E-state index in [1.165, 1.54) is 25.7 Å². The third kappa shape index (κ3) is 2.47. The molecule has 0 bridgehead atoms. The molecule has 2 aliphatic rings. The average Bonchev–Trinajstić information content (AvgIpc) is 2.61. The Kier molecular flexibility index (Phi) is 3.40. The minimum atomic E-state index is 0.0939. The molecule has 1 aliphatic heterocycles. The molecule has 0 aromatic carbocycles. The van der Waals surface area contributed by atoms with Gasteiger partial charge in [0.1, 0.15) is 0 Å². The monoisotopic (exact) mass is 196 g/mol. The van der Waals surface area contributed by atoms with E-state index in [1.54, 1.807) is 0 Å². The first-order valence-corrected chi connectivity index (χ1v) is 5.87. The van der Waals surface area contributed by atoms with Gasteiger partial charge in [0.25, 0.3) is 0 Å². The minimum absolute atomic E-state index is 0.0939. The maximum Gasteiger partial charge on any atom is 0.237 e. The van der Waals surface area contributed by atoms with Gasteiger partial charge in [0.2, 0.25) is 5.91 Å². The van der Waals surface area contributed by atoms with Gasteiger partial charge < -0.3 is 10.6 Å². The lowest BCUT2D eigenvalue weighted by atomic mass is 9.83. The van der Waals surface area contributed by atoms with Crippen LogP contribution in [0.15, 0.2) is 0 Å². The summed E-state index contributed by atoms with van der Waals surface area (Å²) < 4.78 is 0. The van der Waals surface area contributed by atoms with Gasteiger partial charge in [0.05, 0.1) is 6.04 Å². The predicted octanol–water partition coefficient (Wildman–Crippen LogP) is 1.04. The zero-order valence-electron chi connectivity index (χ0n) is 8.72. The molecule has 2 N–H and O–H groups in total. The van der Waals surface area contributed by atoms with Crippen molar-refractivity contribution in [3.8, 4) is 0 Å². The van der Waals surface area contributed by atoms with Crippen molar-refractivity contribution in [2.75, 3.05) is 13.1 Å². The van der Waals surface area contributed by atoms with Crippen molar-refractivity contribution in [3.63, 3.8) is 0 Å². The second-order valence-corrected chi connectivity index (χ2v) is 4.53. The molecule has 3 nitrogen and oxygen atoms in total. The maximum absolute atomic E-state index is 11.6. The molecule has 14 heavy (non-hydrogen) atoms. The molecule has 80 valence electrons. The van der Waals surface area contributed by atoms with Crippen LogP contribution in [0.4, 0.5) is 0 Å². The Morgan fingerprint density at radius 1 is 1.29 bits per heavy atom. The lowest BCUT2D eigenvalue weighted by molar-refractivity contribution is -0.122. The predicted molar refractivity (Wildman–Crippen MR) is 56.0 cm³/mol. The molecule has 0 spiro atoms. The highest BCUT2D eigenvalue weighted by Gasteiger charge is 2.22. The van der Waals surface area contributed by atoms with Crippen LogP contribution >= 0.6 is 0 Å². The molecule has 0 unspecified atom stereocenters. The summed E-state index contributed by atoms with van der Waals surface area (Å²) in [7, 11) is 0. The summed E-state index contributed by atoms with van der Waals surface area (Å²) in [6.45, 7) is 1.88. The fourth-order valence-electron chi connectivity index (χ4n) is 2.21. The van der Waals surface area contributed by atoms with Crippen molar-refractivity contribution in [1.29, 1.82) is 0 Å². The highest BCUT2D eigenvalue weighted by Crippen LogP contribution is 2.28. The van der Waals surface area contributed by atoms with Gasteiger partial charge in [-0.3, -0.25) is 4.79 Å². The van der Waals surface area contributed by atoms with E-state index in [0.717, 1.165) is 31.8 Å². The van der Waals surface area contributed by atoms with Crippen molar-refractivity contribution in [2.24, 2.45) is 5.92 Å². The molecule has 2 rings (SSSR count). The van der Waals surface area contributed by atoms with Gasteiger partial charge in [0, 0.05) is 6.54 Å². The first-order valence-electron chi connectivity index (χ1n) is 5.87. The number of nitrogens with one attached hydrogen (secondary N) is 2. The molecule has 1 saturated heterocycles. The topological polar surface area (TPSA) is 41.1 Å². The van der Waals surface area contributed by atoms with E-state index in [4.69, 9.17) is 0 Å². The molecule has 3 heteroatoms. The Balaban J connectivity index is 1.57. The number of hydrogen-bond acceptors (Lipinski definition) is 2. The summed E-state index contributed by atoms with van der Waals surface area (Å²) in [5, 5.41) is 6.23. The second kappa shape index (κ2) is 4.78. The van der Waals surface area contributed by atoms with Crippen LogP contribution in [0.2, 0.25) is 0 Å². The zero-order chi connectivity index (χ0) is 9.80. The van der Waals surface area contributed by atoms with Gasteiger partial charge in [0.15, 0.2) is 0 Å². The molecule has 1 atom stereocenters. The van der Waals surface area contributed by atoms with E-state index in [1.807, 2.05) is 0 Å². The maximum atomic E-state index is 11.6. The Labute approximate surface area is 85.6 Å². The molecule has 0 radical (unpaired) electrons. The summed E-state index contributed by atoms with van der Waals surface area (Å²) in [4.78, 5) is 11.6. The van der Waals surface area contributed by atoms with Gasteiger partial charge in [-0.05, 0) is 31.7 Å². The lowest BCUT2D eigenvalue weighted by Crippen LogP contribution is -2.41. The summed E-state index contributed by atoms with van der Waals surface area (Å²) in [5.74, 6) is 1.11. The van der Waals surface area contributed by atoms with Crippen LogP contribution in [0, 0.1) is 5.92 Å². The molecular weight excluding hydrogens is 176 g/mol. The quantitative estimate of drug-likeness (QED) is 0.705. The summed E-state index contributed by atoms with van der Waals surface area (Å²) in [6, 6.07) is 0.0939. The minimum Gasteiger partial charge on any atom is -0.355 e. The number of carbonyl (C=O) groups is 1. The van der Waals surface area contributed by atoms with Gasteiger partial charge in [-0.25, -0.2) is 0 Å². The highest BCUT2D eigenvalue weighted by atomic mass is 16.2. The van der Waals surface area contributed by atoms with E-state index in [9.17, 15) is 4.79 Å². The second-order valence-electron chi connectivity index (χ2n) is 4.53. The Hall–Kier alpha value is -0.570. The molecule has 1 heterocycles. The molecule has 1 amide bonds. The van der Waals surface area contributed by atoms with Crippen LogP contribution in [-0.2, 0) is 4.79 Å². The number of carbonyl (C=O) groups excluding carboxylic acids is 1. The van der Waals surface area contributed by atoms with Crippen molar-refractivity contribution < 1.29 is 4.79 Å². The molecular formula is C11H20N2O. The molecule has 0 aromatic rings. The third-order valence-corrected chi connectivity index (χ3v) is 3.45. The van der Waals surface area contributed by atoms with Crippen LogP contribution in [0.1, 0.15) is 38.5 Å². The van der Waals surface area contributed by atoms with E-state index >= 15 is 0 Å². The molecule has 0 aromatic heterocycles. The number of hydrogen-bond donors (Lipinski definition) is 2. The van der Waals surface area contributed by atoms with E-state index in [0.29, 0.717) is 0 Å². The van der Waals surface area contributed by atoms with Gasteiger partial charge in [-0.15, -0.1) is 0 Å². The number of rotatable bonds is 4. The first-order chi connectivity index (χ1) is 6.86. The summed E-state index contributed by atoms with van der Waals surface area (Å²) in [6.07, 6.45) is 7.46. The normalized spacial score (nSPS) is 27.3. The SMILES string of the molecule is O=C(NCCC1CCC1)[C@@H]1CCCN1. The standard InChI is InChI=1S/C11H20N2O/c14-11(10-5-2-7-12-10)13-8-6-9-3-1-4-9/h9-10,12H,1-8H2,(H,13,14)/t10-/m0/s1. The largest absolute Gasteiger partial charge is 0.355 e. The average molecular weight is 196 g/mol. The van der Waals surface area contributed by atoms with E-state index in [2.05, 4.69) is 10.6 Å². The van der Waals surface area contributed by atoms with Crippen LogP contribution < -0.4 is 10.6 Å². The molecule has 1 saturated carbocycles. The molecule has 2 fully saturated rings. The Bertz CT molecular complexity index is 195. The lowest BCUT2D eigenvalue weighted by Gasteiger charge is -2.25. The van der Waals surface area contributed by atoms with Crippen LogP contribution in [0.25, 0.3) is 0 Å². The van der Waals surface area contributed by atoms with E-state index < -0.39 is 0 Å². The smallest absolute Gasteiger partial charge is 0.237 e. The van der Waals surface area contributed by atoms with Crippen molar-refractivity contribution in [3.05, 3.63) is 0 Å². The summed E-state index contributed by atoms with van der Waals surface area (Å²) in [5.41, 5.74) is 0. The Morgan fingerprint density at radius 3 is 2.71 bits per heavy atom. The number of amides is 1. The van der Waals surface area contributed by atoms with Gasteiger partial charge in [-0.1, -0.05) is 19.3 Å². The Morgan fingerprint density at radius 2 is 2.14 bits per heavy atom. The molecule has 1 aliphatic carbocycles. The fourth-order valence-corrected chi connectivity index (χ4v) is 2.21. The van der Waals surface area contributed by atoms with Crippen LogP contribution in [0.3, 0.4) is 0 Å². The van der Waals surface area contributed by atoms with Crippen molar-refractivity contribution in [1.82, 2.24) is 10.6 Å². The fraction of sp³-hybridized carbons (Fsp3) is 0.909. The summed E-state index contributed by atoms with van der Waals surface area (Å²) >= 11 is 0. The van der Waals surface area contributed by atoms with E-state index in [-0.39, 0.29) is 11.9 Å². The van der Waals surface area contributed by atoms with Gasteiger partial charge >= 0.3 is 0 Å². The zero-order valence-corrected chi connectivity index (χ0v) is 8.72.